The van der Waals surface area contributed by atoms with E-state index in [4.69, 9.17) is 16.2 Å². The van der Waals surface area contributed by atoms with E-state index in [-0.39, 0.29) is 18.3 Å². The highest BCUT2D eigenvalue weighted by molar-refractivity contribution is 5.90. The Labute approximate surface area is 87.4 Å². The molecule has 80 valence electrons. The van der Waals surface area contributed by atoms with Gasteiger partial charge >= 0.3 is 0 Å². The lowest BCUT2D eigenvalue weighted by atomic mass is 10.2. The molecule has 4 N–H and O–H groups in total. The van der Waals surface area contributed by atoms with Crippen LogP contribution in [0.25, 0.3) is 0 Å². The summed E-state index contributed by atoms with van der Waals surface area (Å²) >= 11 is 0. The SMILES string of the molecule is NCc1nc(C(N)=O)ccc1OC1CC1. The van der Waals surface area contributed by atoms with E-state index in [1.54, 1.807) is 12.1 Å². The van der Waals surface area contributed by atoms with Gasteiger partial charge in [0, 0.05) is 6.54 Å². The minimum absolute atomic E-state index is 0.221. The number of amides is 1. The molecule has 15 heavy (non-hydrogen) atoms. The van der Waals surface area contributed by atoms with Crippen LogP contribution < -0.4 is 16.2 Å². The summed E-state index contributed by atoms with van der Waals surface area (Å²) in [5.41, 5.74) is 11.4. The van der Waals surface area contributed by atoms with E-state index in [1.807, 2.05) is 0 Å². The molecule has 0 bridgehead atoms. The molecule has 1 aliphatic rings. The van der Waals surface area contributed by atoms with Crippen molar-refractivity contribution in [2.45, 2.75) is 25.5 Å². The van der Waals surface area contributed by atoms with Gasteiger partial charge in [0.1, 0.15) is 11.4 Å². The molecule has 0 atom stereocenters. The first-order valence-corrected chi connectivity index (χ1v) is 4.87. The summed E-state index contributed by atoms with van der Waals surface area (Å²) in [5.74, 6) is 0.104. The predicted octanol–water partition coefficient (Wildman–Crippen LogP) is 0.180. The van der Waals surface area contributed by atoms with Crippen LogP contribution in [0.5, 0.6) is 5.75 Å². The van der Waals surface area contributed by atoms with Gasteiger partial charge in [-0.2, -0.15) is 0 Å². The summed E-state index contributed by atoms with van der Waals surface area (Å²) in [6.07, 6.45) is 2.43. The van der Waals surface area contributed by atoms with Crippen molar-refractivity contribution in [3.8, 4) is 5.75 Å². The molecule has 0 radical (unpaired) electrons. The minimum Gasteiger partial charge on any atom is -0.488 e. The number of nitrogens with zero attached hydrogens (tertiary/aromatic N) is 1. The maximum absolute atomic E-state index is 10.9. The van der Waals surface area contributed by atoms with Crippen molar-refractivity contribution in [3.63, 3.8) is 0 Å². The van der Waals surface area contributed by atoms with E-state index < -0.39 is 5.91 Å². The summed E-state index contributed by atoms with van der Waals surface area (Å²) in [6.45, 7) is 0.239. The van der Waals surface area contributed by atoms with Gasteiger partial charge in [-0.05, 0) is 25.0 Å². The molecule has 5 heteroatoms. The van der Waals surface area contributed by atoms with E-state index in [2.05, 4.69) is 4.98 Å². The number of primary amides is 1. The predicted molar refractivity (Wildman–Crippen MR) is 54.3 cm³/mol. The fourth-order valence-corrected chi connectivity index (χ4v) is 1.24. The van der Waals surface area contributed by atoms with Gasteiger partial charge in [0.2, 0.25) is 0 Å². The molecule has 0 aromatic carbocycles. The van der Waals surface area contributed by atoms with Gasteiger partial charge in [0.25, 0.3) is 5.91 Å². The smallest absolute Gasteiger partial charge is 0.267 e. The van der Waals surface area contributed by atoms with Crippen LogP contribution in [0.4, 0.5) is 0 Å². The molecule has 2 rings (SSSR count). The van der Waals surface area contributed by atoms with Crippen molar-refractivity contribution in [3.05, 3.63) is 23.5 Å². The van der Waals surface area contributed by atoms with Crippen LogP contribution in [0.2, 0.25) is 0 Å². The molecule has 5 nitrogen and oxygen atoms in total. The fourth-order valence-electron chi connectivity index (χ4n) is 1.24. The van der Waals surface area contributed by atoms with Crippen LogP contribution in [0, 0.1) is 0 Å². The third-order valence-corrected chi connectivity index (χ3v) is 2.20. The normalized spacial score (nSPS) is 15.0. The summed E-state index contributed by atoms with van der Waals surface area (Å²) in [7, 11) is 0. The third-order valence-electron chi connectivity index (χ3n) is 2.20. The van der Waals surface area contributed by atoms with Crippen molar-refractivity contribution in [2.75, 3.05) is 0 Å². The zero-order valence-corrected chi connectivity index (χ0v) is 8.27. The van der Waals surface area contributed by atoms with Crippen LogP contribution in [0.3, 0.4) is 0 Å². The third kappa shape index (κ3) is 2.24. The van der Waals surface area contributed by atoms with Crippen LogP contribution in [-0.2, 0) is 6.54 Å². The molecular weight excluding hydrogens is 194 g/mol. The van der Waals surface area contributed by atoms with Crippen molar-refractivity contribution in [1.82, 2.24) is 4.98 Å². The van der Waals surface area contributed by atoms with Gasteiger partial charge in [-0.3, -0.25) is 4.79 Å². The Morgan fingerprint density at radius 1 is 1.53 bits per heavy atom. The molecule has 1 aliphatic carbocycles. The molecule has 0 spiro atoms. The zero-order valence-electron chi connectivity index (χ0n) is 8.27. The first-order chi connectivity index (χ1) is 7.20. The quantitative estimate of drug-likeness (QED) is 0.736. The molecule has 1 fully saturated rings. The average molecular weight is 207 g/mol. The number of rotatable bonds is 4. The van der Waals surface area contributed by atoms with Crippen LogP contribution in [-0.4, -0.2) is 17.0 Å². The second-order valence-corrected chi connectivity index (χ2v) is 3.53. The van der Waals surface area contributed by atoms with E-state index in [0.717, 1.165) is 12.8 Å². The van der Waals surface area contributed by atoms with E-state index in [1.165, 1.54) is 0 Å². The zero-order chi connectivity index (χ0) is 10.8. The second kappa shape index (κ2) is 3.86. The van der Waals surface area contributed by atoms with Gasteiger partial charge in [0.05, 0.1) is 11.8 Å². The second-order valence-electron chi connectivity index (χ2n) is 3.53. The van der Waals surface area contributed by atoms with Gasteiger partial charge in [-0.25, -0.2) is 4.98 Å². The largest absolute Gasteiger partial charge is 0.488 e. The number of pyridine rings is 1. The summed E-state index contributed by atoms with van der Waals surface area (Å²) in [5, 5.41) is 0. The van der Waals surface area contributed by atoms with Gasteiger partial charge in [-0.1, -0.05) is 0 Å². The van der Waals surface area contributed by atoms with Crippen molar-refractivity contribution in [2.24, 2.45) is 11.5 Å². The Balaban J connectivity index is 2.25. The maximum Gasteiger partial charge on any atom is 0.267 e. The average Bonchev–Trinajstić information content (AvgIpc) is 3.02. The van der Waals surface area contributed by atoms with Crippen molar-refractivity contribution in [1.29, 1.82) is 0 Å². The van der Waals surface area contributed by atoms with E-state index in [9.17, 15) is 4.79 Å². The van der Waals surface area contributed by atoms with E-state index >= 15 is 0 Å². The Kier molecular flexibility index (Phi) is 2.55. The molecule has 1 aromatic rings. The van der Waals surface area contributed by atoms with Crippen LogP contribution in [0.15, 0.2) is 12.1 Å². The van der Waals surface area contributed by atoms with Gasteiger partial charge in [-0.15, -0.1) is 0 Å². The number of nitrogens with two attached hydrogens (primary N) is 2. The topological polar surface area (TPSA) is 91.2 Å². The monoisotopic (exact) mass is 207 g/mol. The number of hydrogen-bond acceptors (Lipinski definition) is 4. The first-order valence-electron chi connectivity index (χ1n) is 4.87. The summed E-state index contributed by atoms with van der Waals surface area (Å²) in [4.78, 5) is 14.9. The Hall–Kier alpha value is -1.62. The Morgan fingerprint density at radius 2 is 2.27 bits per heavy atom. The number of ether oxygens (including phenoxy) is 1. The summed E-state index contributed by atoms with van der Waals surface area (Å²) < 4.78 is 5.59. The Morgan fingerprint density at radius 3 is 2.80 bits per heavy atom. The molecule has 1 aromatic heterocycles. The van der Waals surface area contributed by atoms with Crippen LogP contribution in [0.1, 0.15) is 29.0 Å². The van der Waals surface area contributed by atoms with Crippen molar-refractivity contribution >= 4 is 5.91 Å². The van der Waals surface area contributed by atoms with Crippen LogP contribution >= 0.6 is 0 Å². The molecule has 1 saturated carbocycles. The number of hydrogen-bond donors (Lipinski definition) is 2. The highest BCUT2D eigenvalue weighted by Gasteiger charge is 2.24. The Bertz CT molecular complexity index is 388. The lowest BCUT2D eigenvalue weighted by Gasteiger charge is -2.09. The molecule has 0 aliphatic heterocycles. The van der Waals surface area contributed by atoms with E-state index in [0.29, 0.717) is 11.4 Å². The van der Waals surface area contributed by atoms with Crippen molar-refractivity contribution < 1.29 is 9.53 Å². The highest BCUT2D eigenvalue weighted by atomic mass is 16.5. The number of carbonyl (C=O) groups is 1. The minimum atomic E-state index is -0.553. The molecule has 0 unspecified atom stereocenters. The highest BCUT2D eigenvalue weighted by Crippen LogP contribution is 2.28. The molecule has 1 amide bonds. The number of carbonyl (C=O) groups excluding carboxylic acids is 1. The molecular formula is C10H13N3O2. The summed E-state index contributed by atoms with van der Waals surface area (Å²) in [6, 6.07) is 3.26. The first kappa shape index (κ1) is 9.92. The lowest BCUT2D eigenvalue weighted by Crippen LogP contribution is -2.15. The molecule has 1 heterocycles. The number of aromatic nitrogens is 1. The molecule has 0 saturated heterocycles. The van der Waals surface area contributed by atoms with Gasteiger partial charge < -0.3 is 16.2 Å². The fraction of sp³-hybridized carbons (Fsp3) is 0.400. The standard InChI is InChI=1S/C10H13N3O2/c11-5-8-9(15-6-1-2-6)4-3-7(13-8)10(12)14/h3-4,6H,1-2,5,11H2,(H2,12,14). The maximum atomic E-state index is 10.9. The lowest BCUT2D eigenvalue weighted by molar-refractivity contribution is 0.0995. The van der Waals surface area contributed by atoms with Gasteiger partial charge in [0.15, 0.2) is 0 Å².